The summed E-state index contributed by atoms with van der Waals surface area (Å²) in [5, 5.41) is 4.57. The number of nitrogens with one attached hydrogen (secondary N) is 1. The second-order valence-corrected chi connectivity index (χ2v) is 9.72. The van der Waals surface area contributed by atoms with Crippen LogP contribution in [0.2, 0.25) is 0 Å². The van der Waals surface area contributed by atoms with Crippen LogP contribution in [0.25, 0.3) is 10.8 Å². The van der Waals surface area contributed by atoms with Crippen molar-refractivity contribution in [2.24, 2.45) is 0 Å². The molecule has 0 saturated carbocycles. The first kappa shape index (κ1) is 19.6. The van der Waals surface area contributed by atoms with Crippen molar-refractivity contribution in [3.63, 3.8) is 0 Å². The van der Waals surface area contributed by atoms with Gasteiger partial charge in [-0.3, -0.25) is 14.2 Å². The molecular weight excluding hydrogens is 420 g/mol. The Labute approximate surface area is 181 Å². The molecule has 3 aromatic heterocycles. The van der Waals surface area contributed by atoms with Gasteiger partial charge in [0.1, 0.15) is 0 Å². The molecule has 1 amide bonds. The van der Waals surface area contributed by atoms with E-state index in [2.05, 4.69) is 10.3 Å². The molecule has 0 saturated heterocycles. The molecule has 0 aromatic carbocycles. The van der Waals surface area contributed by atoms with Crippen LogP contribution in [0.1, 0.15) is 47.1 Å². The van der Waals surface area contributed by atoms with Gasteiger partial charge >= 0.3 is 0 Å². The molecule has 9 heteroatoms. The molecule has 7 nitrogen and oxygen atoms in total. The summed E-state index contributed by atoms with van der Waals surface area (Å²) in [6.07, 6.45) is 5.72. The van der Waals surface area contributed by atoms with Crippen molar-refractivity contribution in [2.45, 2.75) is 56.8 Å². The van der Waals surface area contributed by atoms with E-state index in [4.69, 9.17) is 9.40 Å². The Hall–Kier alpha value is -2.39. The van der Waals surface area contributed by atoms with Gasteiger partial charge in [0.15, 0.2) is 15.9 Å². The van der Waals surface area contributed by atoms with Gasteiger partial charge in [0.25, 0.3) is 5.56 Å². The maximum absolute atomic E-state index is 13.0. The van der Waals surface area contributed by atoms with Crippen molar-refractivity contribution in [1.29, 1.82) is 0 Å². The van der Waals surface area contributed by atoms with Crippen LogP contribution in [0.15, 0.2) is 32.8 Å². The Balaban J connectivity index is 1.26. The smallest absolute Gasteiger partial charge is 0.257 e. The maximum Gasteiger partial charge on any atom is 0.257 e. The molecule has 0 spiro atoms. The third-order valence-electron chi connectivity index (χ3n) is 5.61. The first-order valence-electron chi connectivity index (χ1n) is 10.1. The molecule has 0 bridgehead atoms. The molecule has 4 heterocycles. The molecule has 0 fully saturated rings. The Morgan fingerprint density at radius 1 is 1.33 bits per heavy atom. The molecule has 30 heavy (non-hydrogen) atoms. The zero-order chi connectivity index (χ0) is 20.7. The first-order valence-corrected chi connectivity index (χ1v) is 11.9. The molecule has 1 aliphatic carbocycles. The maximum atomic E-state index is 13.0. The summed E-state index contributed by atoms with van der Waals surface area (Å²) in [7, 11) is 0. The van der Waals surface area contributed by atoms with Gasteiger partial charge in [-0.25, -0.2) is 9.97 Å². The molecule has 0 radical (unpaired) electrons. The van der Waals surface area contributed by atoms with Crippen molar-refractivity contribution in [1.82, 2.24) is 19.9 Å². The number of carbonyl (C=O) groups is 1. The number of thioether (sulfide) groups is 1. The van der Waals surface area contributed by atoms with Crippen molar-refractivity contribution in [2.75, 3.05) is 5.75 Å². The van der Waals surface area contributed by atoms with Crippen LogP contribution in [0.4, 0.5) is 0 Å². The number of hydrogen-bond donors (Lipinski definition) is 1. The van der Waals surface area contributed by atoms with E-state index in [0.29, 0.717) is 12.3 Å². The highest BCUT2D eigenvalue weighted by molar-refractivity contribution is 7.99. The lowest BCUT2D eigenvalue weighted by Gasteiger charge is -2.18. The number of aromatic nitrogens is 3. The van der Waals surface area contributed by atoms with Crippen molar-refractivity contribution in [3.05, 3.63) is 50.6 Å². The summed E-state index contributed by atoms with van der Waals surface area (Å²) >= 11 is 3.10. The summed E-state index contributed by atoms with van der Waals surface area (Å²) in [5.74, 6) is 1.38. The predicted octanol–water partition coefficient (Wildman–Crippen LogP) is 3.50. The van der Waals surface area contributed by atoms with Crippen LogP contribution in [-0.2, 0) is 24.2 Å². The fourth-order valence-corrected chi connectivity index (χ4v) is 6.15. The molecule has 5 rings (SSSR count). The molecule has 1 unspecified atom stereocenters. The summed E-state index contributed by atoms with van der Waals surface area (Å²) in [6, 6.07) is 3.57. The summed E-state index contributed by atoms with van der Waals surface area (Å²) < 4.78 is 7.16. The van der Waals surface area contributed by atoms with Crippen LogP contribution in [0.5, 0.6) is 0 Å². The Kier molecular flexibility index (Phi) is 5.24. The number of carbonyl (C=O) groups excluding carboxylic acids is 1. The number of aryl methyl sites for hydroxylation is 2. The van der Waals surface area contributed by atoms with Crippen LogP contribution in [0, 0.1) is 6.92 Å². The zero-order valence-corrected chi connectivity index (χ0v) is 18.3. The average molecular weight is 443 g/mol. The first-order chi connectivity index (χ1) is 14.6. The predicted molar refractivity (Wildman–Crippen MR) is 116 cm³/mol. The number of rotatable bonds is 5. The van der Waals surface area contributed by atoms with Crippen LogP contribution in [0.3, 0.4) is 0 Å². The minimum Gasteiger partial charge on any atom is -0.462 e. The highest BCUT2D eigenvalue weighted by atomic mass is 32.2. The van der Waals surface area contributed by atoms with Crippen molar-refractivity contribution >= 4 is 29.0 Å². The van der Waals surface area contributed by atoms with Gasteiger partial charge in [-0.2, -0.15) is 0 Å². The largest absolute Gasteiger partial charge is 0.462 e. The fraction of sp³-hybridized carbons (Fsp3) is 0.429. The second kappa shape index (κ2) is 8.03. The number of thiazole rings is 1. The van der Waals surface area contributed by atoms with Crippen molar-refractivity contribution < 1.29 is 9.21 Å². The zero-order valence-electron chi connectivity index (χ0n) is 16.6. The number of hydrogen-bond acceptors (Lipinski definition) is 7. The number of nitrogens with zero attached hydrogens (tertiary/aromatic N) is 3. The lowest BCUT2D eigenvalue weighted by molar-refractivity contribution is -0.121. The Morgan fingerprint density at radius 2 is 2.20 bits per heavy atom. The normalized spacial score (nSPS) is 17.6. The van der Waals surface area contributed by atoms with E-state index in [1.54, 1.807) is 22.6 Å². The van der Waals surface area contributed by atoms with Crippen LogP contribution < -0.4 is 10.9 Å². The third-order valence-corrected chi connectivity index (χ3v) is 7.88. The summed E-state index contributed by atoms with van der Waals surface area (Å²) in [4.78, 5) is 35.9. The van der Waals surface area contributed by atoms with Gasteiger partial charge in [-0.15, -0.1) is 11.3 Å². The minimum atomic E-state index is -0.140. The molecule has 156 valence electrons. The molecule has 1 aliphatic heterocycles. The summed E-state index contributed by atoms with van der Waals surface area (Å²) in [5.41, 5.74) is 2.76. The van der Waals surface area contributed by atoms with Gasteiger partial charge in [-0.05, 0) is 44.7 Å². The monoisotopic (exact) mass is 442 g/mol. The van der Waals surface area contributed by atoms with Crippen molar-refractivity contribution in [3.8, 4) is 10.8 Å². The average Bonchev–Trinajstić information content (AvgIpc) is 3.47. The van der Waals surface area contributed by atoms with Gasteiger partial charge in [0.05, 0.1) is 30.2 Å². The number of furan rings is 1. The Bertz CT molecular complexity index is 1150. The van der Waals surface area contributed by atoms with Gasteiger partial charge in [0.2, 0.25) is 5.91 Å². The van der Waals surface area contributed by atoms with E-state index in [-0.39, 0.29) is 23.9 Å². The lowest BCUT2D eigenvalue weighted by Crippen LogP contribution is -2.33. The van der Waals surface area contributed by atoms with E-state index < -0.39 is 0 Å². The van der Waals surface area contributed by atoms with Gasteiger partial charge in [0, 0.05) is 22.6 Å². The summed E-state index contributed by atoms with van der Waals surface area (Å²) in [6.45, 7) is 2.36. The van der Waals surface area contributed by atoms with Crippen LogP contribution in [-0.4, -0.2) is 26.2 Å². The van der Waals surface area contributed by atoms with Gasteiger partial charge in [-0.1, -0.05) is 11.8 Å². The van der Waals surface area contributed by atoms with E-state index in [9.17, 15) is 9.59 Å². The van der Waals surface area contributed by atoms with E-state index >= 15 is 0 Å². The second-order valence-electron chi connectivity index (χ2n) is 7.65. The molecule has 2 aliphatic rings. The fourth-order valence-electron chi connectivity index (χ4n) is 4.03. The molecule has 3 aromatic rings. The SMILES string of the molecule is Cc1nc(-c2ccco2)sc1CNC(=O)CC1CSc2nc3c(c(=O)n21)CCCC3. The molecule has 1 atom stereocenters. The number of amides is 1. The molecular formula is C21H22N4O3S2. The van der Waals surface area contributed by atoms with Crippen LogP contribution >= 0.6 is 23.1 Å². The number of fused-ring (bicyclic) bond motifs is 2. The standard InChI is InChI=1S/C21H22N4O3S2/c1-12-17(30-19(23-12)16-7-4-8-28-16)10-22-18(26)9-13-11-29-21-24-15-6-3-2-5-14(15)20(27)25(13)21/h4,7-8,13H,2-3,5-6,9-11H2,1H3,(H,22,26). The third kappa shape index (κ3) is 3.60. The van der Waals surface area contributed by atoms with E-state index in [0.717, 1.165) is 63.4 Å². The highest BCUT2D eigenvalue weighted by Crippen LogP contribution is 2.34. The lowest BCUT2D eigenvalue weighted by atomic mass is 9.97. The van der Waals surface area contributed by atoms with E-state index in [1.165, 1.54) is 11.3 Å². The molecule has 1 N–H and O–H groups in total. The van der Waals surface area contributed by atoms with E-state index in [1.807, 2.05) is 19.1 Å². The minimum absolute atomic E-state index is 0.0545. The Morgan fingerprint density at radius 3 is 3.03 bits per heavy atom. The van der Waals surface area contributed by atoms with Gasteiger partial charge < -0.3 is 9.73 Å². The highest BCUT2D eigenvalue weighted by Gasteiger charge is 2.30. The topological polar surface area (TPSA) is 90.0 Å². The quantitative estimate of drug-likeness (QED) is 0.608.